The van der Waals surface area contributed by atoms with Gasteiger partial charge in [-0.25, -0.2) is 52.6 Å². The number of aromatic nitrogens is 12. The van der Waals surface area contributed by atoms with E-state index in [2.05, 4.69) is 51.3 Å². The van der Waals surface area contributed by atoms with Crippen molar-refractivity contribution in [2.75, 3.05) is 80.2 Å². The number of hydrogen-bond acceptors (Lipinski definition) is 19. The molecule has 0 amide bonds. The van der Waals surface area contributed by atoms with E-state index >= 15 is 0 Å². The lowest BCUT2D eigenvalue weighted by atomic mass is 9.84. The van der Waals surface area contributed by atoms with Crippen LogP contribution < -0.4 is 43.9 Å². The zero-order valence-corrected chi connectivity index (χ0v) is 66.8. The van der Waals surface area contributed by atoms with Gasteiger partial charge in [0.2, 0.25) is 10.0 Å². The number of alkyl halides is 8. The van der Waals surface area contributed by atoms with Crippen molar-refractivity contribution < 1.29 is 62.5 Å². The zero-order chi connectivity index (χ0) is 82.1. The molecule has 0 atom stereocenters. The number of fused-ring (bicyclic) bond motifs is 4. The van der Waals surface area contributed by atoms with Crippen LogP contribution in [0.25, 0.3) is 49.7 Å². The molecule has 0 unspecified atom stereocenters. The monoisotopic (exact) mass is 1620 g/mol. The zero-order valence-electron chi connectivity index (χ0n) is 66.0. The normalized spacial score (nSPS) is 15.3. The quantitative estimate of drug-likeness (QED) is 0.0660. The van der Waals surface area contributed by atoms with Crippen LogP contribution in [0.1, 0.15) is 123 Å². The van der Waals surface area contributed by atoms with Crippen LogP contribution in [0.3, 0.4) is 0 Å². The summed E-state index contributed by atoms with van der Waals surface area (Å²) in [6.07, 6.45) is 30.2. The average molecular weight is 1620 g/mol. The van der Waals surface area contributed by atoms with Crippen LogP contribution >= 0.6 is 0 Å². The molecule has 0 bridgehead atoms. The third kappa shape index (κ3) is 19.7. The van der Waals surface area contributed by atoms with Crippen LogP contribution in [-0.4, -0.2) is 158 Å². The van der Waals surface area contributed by atoms with Crippen molar-refractivity contribution in [3.8, 4) is 23.0 Å². The van der Waals surface area contributed by atoms with Crippen molar-refractivity contribution >= 4 is 106 Å². The number of rotatable bonds is 21. The molecule has 1 saturated carbocycles. The summed E-state index contributed by atoms with van der Waals surface area (Å²) in [6.45, 7) is -8.94. The topological polar surface area (TPSA) is 222 Å². The van der Waals surface area contributed by atoms with Crippen molar-refractivity contribution in [3.63, 3.8) is 0 Å². The minimum atomic E-state index is -3.23. The number of imidazole rings is 4. The summed E-state index contributed by atoms with van der Waals surface area (Å²) in [5.41, 5.74) is 13.9. The van der Waals surface area contributed by atoms with Crippen LogP contribution in [0.5, 0.6) is 23.0 Å². The summed E-state index contributed by atoms with van der Waals surface area (Å²) in [4.78, 5) is 41.7. The summed E-state index contributed by atoms with van der Waals surface area (Å²) < 4.78 is 157. The summed E-state index contributed by atoms with van der Waals surface area (Å²) in [5, 5.41) is 3.32. The second kappa shape index (κ2) is 36.7. The SMILES string of the molecule is CN(c1cc2c(cn1)ncn2C)c1ccc(C2=CCCCC2)cc1OC(F)F.CN(c1cc2c(cn1)ncn2C)c1ccc(C2CCCCC2)cc1OC(F)F.CN(c1cc2c(cn1)ncn2C)c1ccc(C2CCN(S(C)(=O)=O)CC2)cc1OC(F)F.CN(c1cc2c(cn1)ncn2C)c1ccc(C2CCNCC2)cc1OC(F)F. The first-order valence-electron chi connectivity index (χ1n) is 38.4. The molecule has 16 rings (SSSR count). The van der Waals surface area contributed by atoms with E-state index in [0.29, 0.717) is 83.8 Å². The molecule has 4 aromatic carbocycles. The molecule has 8 aromatic heterocycles. The molecule has 3 fully saturated rings. The predicted octanol–water partition coefficient (Wildman–Crippen LogP) is 18.0. The van der Waals surface area contributed by atoms with E-state index in [9.17, 15) is 43.5 Å². The minimum absolute atomic E-state index is 0.0532. The number of piperidine rings is 2. The number of nitrogens with zero attached hydrogens (tertiary/aromatic N) is 17. The number of anilines is 8. The summed E-state index contributed by atoms with van der Waals surface area (Å²) in [5.74, 6) is 3.84. The molecule has 10 heterocycles. The van der Waals surface area contributed by atoms with Gasteiger partial charge in [-0.3, -0.25) is 0 Å². The van der Waals surface area contributed by atoms with E-state index in [-0.39, 0.29) is 28.9 Å². The summed E-state index contributed by atoms with van der Waals surface area (Å²) in [6, 6.07) is 29.5. The number of allylic oxidation sites excluding steroid dienone is 2. The van der Waals surface area contributed by atoms with Crippen LogP contribution in [0, 0.1) is 0 Å². The van der Waals surface area contributed by atoms with Gasteiger partial charge in [0.15, 0.2) is 0 Å². The molecule has 12 aromatic rings. The lowest BCUT2D eigenvalue weighted by molar-refractivity contribution is -0.0501. The van der Waals surface area contributed by atoms with Crippen LogP contribution in [0.2, 0.25) is 0 Å². The third-order valence-electron chi connectivity index (χ3n) is 21.9. The van der Waals surface area contributed by atoms with Crippen molar-refractivity contribution in [1.29, 1.82) is 0 Å². The van der Waals surface area contributed by atoms with Crippen LogP contribution in [-0.2, 0) is 38.2 Å². The smallest absolute Gasteiger partial charge is 0.387 e. The highest BCUT2D eigenvalue weighted by Gasteiger charge is 2.30. The van der Waals surface area contributed by atoms with Gasteiger partial charge >= 0.3 is 26.4 Å². The minimum Gasteiger partial charge on any atom is -0.433 e. The van der Waals surface area contributed by atoms with Crippen LogP contribution in [0.4, 0.5) is 81.1 Å². The highest BCUT2D eigenvalue weighted by molar-refractivity contribution is 7.88. The molecule has 116 heavy (non-hydrogen) atoms. The van der Waals surface area contributed by atoms with Crippen molar-refractivity contribution in [3.05, 3.63) is 175 Å². The number of pyridine rings is 4. The first-order chi connectivity index (χ1) is 55.7. The Kier molecular flexibility index (Phi) is 26.2. The van der Waals surface area contributed by atoms with Crippen molar-refractivity contribution in [2.45, 2.75) is 128 Å². The molecule has 2 aliphatic heterocycles. The number of ether oxygens (including phenoxy) is 4. The largest absolute Gasteiger partial charge is 0.433 e. The number of nitrogens with one attached hydrogen (secondary N) is 1. The van der Waals surface area contributed by atoms with E-state index in [1.54, 1.807) is 128 Å². The van der Waals surface area contributed by atoms with Crippen LogP contribution in [0.15, 0.2) is 153 Å². The van der Waals surface area contributed by atoms with E-state index in [1.807, 2.05) is 113 Å². The molecular formula is C83H94F8N18O6S. The van der Waals surface area contributed by atoms with E-state index in [1.165, 1.54) is 41.8 Å². The number of aryl methyl sites for hydroxylation is 4. The van der Waals surface area contributed by atoms with Gasteiger partial charge in [0.1, 0.15) is 68.3 Å². The summed E-state index contributed by atoms with van der Waals surface area (Å²) >= 11 is 0. The maximum atomic E-state index is 13.2. The Morgan fingerprint density at radius 2 is 0.733 bits per heavy atom. The molecule has 2 saturated heterocycles. The fourth-order valence-corrected chi connectivity index (χ4v) is 16.3. The molecule has 614 valence electrons. The van der Waals surface area contributed by atoms with Gasteiger partial charge in [0, 0.05) is 93.7 Å². The standard InChI is InChI=1S/C21H25F2N5O3S.C21H24F2N4O.C21H22F2N4O.C20H23F2N5O/c1-26-13-25-16-12-24-20(11-18(16)26)27(2)17-5-4-15(10-19(17)31-21(22)23)14-6-8-28(9-7-14)32(3,29)30;2*1-26-13-25-16-12-24-20(11-18(16)26)27(2)17-9-8-15(10-19(17)28-21(22)23)14-6-4-3-5-7-14;1-26-12-25-15-11-24-19(10-17(15)26)27(2)16-4-3-14(9-18(16)28-20(21)22)13-5-7-23-8-6-13/h4-5,10-14,21H,6-9H2,1-3H3;8-14,21H,3-7H2,1-2H3;6,8-13,21H,3-5,7H2,1-2H3;3-4,9-13,20,23H,5-8H2,1-2H3. The Bertz CT molecular complexity index is 5370. The average Bonchev–Trinajstić information content (AvgIpc) is 1.58. The Balaban J connectivity index is 0.000000135. The third-order valence-corrected chi connectivity index (χ3v) is 23.2. The predicted molar refractivity (Wildman–Crippen MR) is 434 cm³/mol. The van der Waals surface area contributed by atoms with Gasteiger partial charge in [-0.1, -0.05) is 49.6 Å². The Morgan fingerprint density at radius 3 is 1.06 bits per heavy atom. The van der Waals surface area contributed by atoms with Gasteiger partial charge < -0.3 is 62.1 Å². The fraction of sp³-hybridized carbons (Fsp3) is 0.398. The summed E-state index contributed by atoms with van der Waals surface area (Å²) in [7, 11) is 11.5. The van der Waals surface area contributed by atoms with Gasteiger partial charge in [0.05, 0.1) is 101 Å². The molecule has 2 aliphatic carbocycles. The molecule has 0 radical (unpaired) electrons. The number of sulfonamides is 1. The Morgan fingerprint density at radius 1 is 0.405 bits per heavy atom. The number of hydrogen-bond donors (Lipinski definition) is 1. The number of halogens is 8. The highest BCUT2D eigenvalue weighted by Crippen LogP contribution is 2.44. The molecular weight excluding hydrogens is 1530 g/mol. The van der Waals surface area contributed by atoms with E-state index in [4.69, 9.17) is 18.9 Å². The first kappa shape index (κ1) is 82.8. The lowest BCUT2D eigenvalue weighted by Crippen LogP contribution is -2.37. The van der Waals surface area contributed by atoms with E-state index in [0.717, 1.165) is 124 Å². The second-order valence-electron chi connectivity index (χ2n) is 29.4. The second-order valence-corrected chi connectivity index (χ2v) is 31.4. The maximum absolute atomic E-state index is 13.2. The van der Waals surface area contributed by atoms with Gasteiger partial charge in [0.25, 0.3) is 0 Å². The van der Waals surface area contributed by atoms with Gasteiger partial charge in [-0.2, -0.15) is 35.1 Å². The van der Waals surface area contributed by atoms with Crippen molar-refractivity contribution in [1.82, 2.24) is 67.8 Å². The van der Waals surface area contributed by atoms with E-state index < -0.39 is 36.5 Å². The molecule has 33 heteroatoms. The highest BCUT2D eigenvalue weighted by atomic mass is 32.2. The number of benzene rings is 4. The van der Waals surface area contributed by atoms with Gasteiger partial charge in [-0.15, -0.1) is 0 Å². The lowest BCUT2D eigenvalue weighted by Gasteiger charge is -2.31. The van der Waals surface area contributed by atoms with Gasteiger partial charge in [-0.05, 0) is 171 Å². The Hall–Kier alpha value is -11.2. The van der Waals surface area contributed by atoms with Crippen molar-refractivity contribution in [2.24, 2.45) is 28.2 Å². The molecule has 24 nitrogen and oxygen atoms in total. The maximum Gasteiger partial charge on any atom is 0.387 e. The fourth-order valence-electron chi connectivity index (χ4n) is 15.5. The molecule has 0 spiro atoms. The Labute approximate surface area is 667 Å². The first-order valence-corrected chi connectivity index (χ1v) is 40.3. The molecule has 4 aliphatic rings. The molecule has 1 N–H and O–H groups in total.